The summed E-state index contributed by atoms with van der Waals surface area (Å²) in [6.07, 6.45) is 1.52. The molecule has 1 heterocycles. The lowest BCUT2D eigenvalue weighted by Crippen LogP contribution is -2.37. The topological polar surface area (TPSA) is 99.2 Å². The number of benzene rings is 2. The van der Waals surface area contributed by atoms with Crippen LogP contribution in [0.15, 0.2) is 60.6 Å². The van der Waals surface area contributed by atoms with Crippen LogP contribution in [-0.4, -0.2) is 44.4 Å². The van der Waals surface area contributed by atoms with Gasteiger partial charge in [0.1, 0.15) is 18.0 Å². The standard InChI is InChI=1S/C27H39N3O5SSi/c1-20(2)28-26(31)16-21(3)23-12-13-24(25(17-23)35-19-22-10-8-7-9-11-22)30-18-27(32)29(36(30,33)34)14-15-37(4,5)6/h7-13,17-18,20-21,32H,14-16,19H2,1-6H3,(H,28,31). The average molecular weight is 546 g/mol. The first kappa shape index (κ1) is 28.6. The molecule has 0 spiro atoms. The van der Waals surface area contributed by atoms with E-state index in [-0.39, 0.29) is 36.9 Å². The lowest BCUT2D eigenvalue weighted by Gasteiger charge is -2.26. The van der Waals surface area contributed by atoms with Crippen LogP contribution >= 0.6 is 0 Å². The van der Waals surface area contributed by atoms with Gasteiger partial charge in [0.05, 0.1) is 6.20 Å². The second-order valence-electron chi connectivity index (χ2n) is 11.0. The zero-order valence-electron chi connectivity index (χ0n) is 22.6. The van der Waals surface area contributed by atoms with Gasteiger partial charge >= 0.3 is 10.2 Å². The molecule has 1 atom stereocenters. The Morgan fingerprint density at radius 2 is 1.76 bits per heavy atom. The number of amides is 1. The average Bonchev–Trinajstić information content (AvgIpc) is 3.03. The molecule has 202 valence electrons. The lowest BCUT2D eigenvalue weighted by molar-refractivity contribution is -0.121. The van der Waals surface area contributed by atoms with Gasteiger partial charge in [-0.3, -0.25) is 4.79 Å². The third-order valence-corrected chi connectivity index (χ3v) is 9.50. The fourth-order valence-corrected chi connectivity index (χ4v) is 6.47. The SMILES string of the molecule is CC(C)NC(=O)CC(C)c1ccc(N2C=C(O)N(CC[Si](C)(C)C)S2(=O)=O)c(OCc2ccccc2)c1. The van der Waals surface area contributed by atoms with Crippen molar-refractivity contribution in [1.82, 2.24) is 9.62 Å². The summed E-state index contributed by atoms with van der Waals surface area (Å²) in [4.78, 5) is 12.3. The van der Waals surface area contributed by atoms with E-state index in [0.29, 0.717) is 23.9 Å². The Morgan fingerprint density at radius 1 is 1.08 bits per heavy atom. The molecule has 0 radical (unpaired) electrons. The summed E-state index contributed by atoms with van der Waals surface area (Å²) in [5.41, 5.74) is 2.09. The first-order valence-corrected chi connectivity index (χ1v) is 17.7. The Labute approximate surface area is 222 Å². The molecule has 0 saturated heterocycles. The number of carbonyl (C=O) groups is 1. The van der Waals surface area contributed by atoms with E-state index in [1.54, 1.807) is 12.1 Å². The number of carbonyl (C=O) groups excluding carboxylic acids is 1. The summed E-state index contributed by atoms with van der Waals surface area (Å²) in [5.74, 6) is -0.113. The van der Waals surface area contributed by atoms with Gasteiger partial charge in [-0.1, -0.05) is 63.0 Å². The van der Waals surface area contributed by atoms with Crippen molar-refractivity contribution in [2.75, 3.05) is 10.8 Å². The summed E-state index contributed by atoms with van der Waals surface area (Å²) in [6.45, 7) is 12.7. The minimum atomic E-state index is -4.02. The Morgan fingerprint density at radius 3 is 2.38 bits per heavy atom. The molecule has 1 aliphatic heterocycles. The van der Waals surface area contributed by atoms with Gasteiger partial charge < -0.3 is 15.2 Å². The fraction of sp³-hybridized carbons (Fsp3) is 0.444. The minimum absolute atomic E-state index is 0.0497. The zero-order chi connectivity index (χ0) is 27.4. The lowest BCUT2D eigenvalue weighted by atomic mass is 9.96. The van der Waals surface area contributed by atoms with Crippen LogP contribution in [-0.2, 0) is 21.6 Å². The quantitative estimate of drug-likeness (QED) is 0.371. The normalized spacial score (nSPS) is 16.0. The van der Waals surface area contributed by atoms with E-state index in [4.69, 9.17) is 4.74 Å². The van der Waals surface area contributed by atoms with E-state index in [9.17, 15) is 18.3 Å². The second-order valence-corrected chi connectivity index (χ2v) is 18.4. The van der Waals surface area contributed by atoms with Gasteiger partial charge in [0, 0.05) is 27.1 Å². The van der Waals surface area contributed by atoms with Gasteiger partial charge in [-0.15, -0.1) is 0 Å². The molecule has 3 rings (SSSR count). The minimum Gasteiger partial charge on any atom is -0.493 e. The van der Waals surface area contributed by atoms with Crippen molar-refractivity contribution in [3.63, 3.8) is 0 Å². The first-order valence-electron chi connectivity index (χ1n) is 12.6. The fourth-order valence-electron chi connectivity index (χ4n) is 3.97. The number of aliphatic hydroxyl groups excluding tert-OH is 1. The van der Waals surface area contributed by atoms with Crippen LogP contribution in [0.5, 0.6) is 5.75 Å². The summed E-state index contributed by atoms with van der Waals surface area (Å²) >= 11 is 0. The number of aliphatic hydroxyl groups is 1. The molecule has 1 unspecified atom stereocenters. The highest BCUT2D eigenvalue weighted by Gasteiger charge is 2.39. The van der Waals surface area contributed by atoms with Gasteiger partial charge in [0.15, 0.2) is 0 Å². The Balaban J connectivity index is 1.93. The van der Waals surface area contributed by atoms with Gasteiger partial charge in [0.2, 0.25) is 11.8 Å². The molecular weight excluding hydrogens is 506 g/mol. The van der Waals surface area contributed by atoms with Gasteiger partial charge in [-0.25, -0.2) is 8.61 Å². The molecular formula is C27H39N3O5SSi. The Bertz CT molecular complexity index is 1230. The van der Waals surface area contributed by atoms with Crippen LogP contribution in [0.1, 0.15) is 44.2 Å². The van der Waals surface area contributed by atoms with Crippen LogP contribution in [0.3, 0.4) is 0 Å². The monoisotopic (exact) mass is 545 g/mol. The first-order chi connectivity index (χ1) is 17.3. The van der Waals surface area contributed by atoms with E-state index in [1.807, 2.05) is 57.2 Å². The molecule has 0 aliphatic carbocycles. The highest BCUT2D eigenvalue weighted by atomic mass is 32.2. The molecule has 10 heteroatoms. The second kappa shape index (κ2) is 11.6. The van der Waals surface area contributed by atoms with Crippen molar-refractivity contribution in [2.45, 2.75) is 71.4 Å². The van der Waals surface area contributed by atoms with Crippen molar-refractivity contribution >= 4 is 29.9 Å². The Kier molecular flexibility index (Phi) is 8.96. The Hall–Kier alpha value is -2.98. The summed E-state index contributed by atoms with van der Waals surface area (Å²) < 4.78 is 35.2. The molecule has 0 aromatic heterocycles. The van der Waals surface area contributed by atoms with E-state index in [1.165, 1.54) is 6.20 Å². The molecule has 2 aromatic carbocycles. The molecule has 0 bridgehead atoms. The number of anilines is 1. The number of hydrogen-bond acceptors (Lipinski definition) is 5. The number of nitrogens with one attached hydrogen (secondary N) is 1. The molecule has 2 N–H and O–H groups in total. The zero-order valence-corrected chi connectivity index (χ0v) is 24.4. The molecule has 1 amide bonds. The van der Waals surface area contributed by atoms with E-state index in [2.05, 4.69) is 25.0 Å². The van der Waals surface area contributed by atoms with Crippen LogP contribution in [0.25, 0.3) is 0 Å². The number of rotatable bonds is 11. The largest absolute Gasteiger partial charge is 0.493 e. The van der Waals surface area contributed by atoms with Crippen LogP contribution in [0.4, 0.5) is 5.69 Å². The highest BCUT2D eigenvalue weighted by molar-refractivity contribution is 7.91. The third-order valence-electron chi connectivity index (χ3n) is 6.05. The van der Waals surface area contributed by atoms with E-state index < -0.39 is 18.3 Å². The van der Waals surface area contributed by atoms with E-state index >= 15 is 0 Å². The third kappa shape index (κ3) is 7.51. The number of nitrogens with zero attached hydrogens (tertiary/aromatic N) is 2. The van der Waals surface area contributed by atoms with Crippen molar-refractivity contribution < 1.29 is 23.1 Å². The molecule has 8 nitrogen and oxygen atoms in total. The predicted octanol–water partition coefficient (Wildman–Crippen LogP) is 5.35. The van der Waals surface area contributed by atoms with Crippen LogP contribution < -0.4 is 14.4 Å². The maximum Gasteiger partial charge on any atom is 0.332 e. The maximum atomic E-state index is 13.5. The van der Waals surface area contributed by atoms with Crippen LogP contribution in [0.2, 0.25) is 25.7 Å². The van der Waals surface area contributed by atoms with E-state index in [0.717, 1.165) is 19.7 Å². The maximum absolute atomic E-state index is 13.5. The number of ether oxygens (including phenoxy) is 1. The molecule has 2 aromatic rings. The molecule has 0 fully saturated rings. The summed E-state index contributed by atoms with van der Waals surface area (Å²) in [6, 6.07) is 15.6. The van der Waals surface area contributed by atoms with Crippen molar-refractivity contribution in [3.8, 4) is 5.75 Å². The smallest absolute Gasteiger partial charge is 0.332 e. The molecule has 1 aliphatic rings. The molecule has 37 heavy (non-hydrogen) atoms. The number of hydrogen-bond donors (Lipinski definition) is 2. The molecule has 0 saturated carbocycles. The summed E-state index contributed by atoms with van der Waals surface area (Å²) in [5, 5.41) is 13.5. The highest BCUT2D eigenvalue weighted by Crippen LogP contribution is 2.39. The van der Waals surface area contributed by atoms with Gasteiger partial charge in [0.25, 0.3) is 0 Å². The van der Waals surface area contributed by atoms with Crippen molar-refractivity contribution in [2.24, 2.45) is 0 Å². The van der Waals surface area contributed by atoms with Crippen molar-refractivity contribution in [3.05, 3.63) is 71.7 Å². The predicted molar refractivity (Wildman–Crippen MR) is 150 cm³/mol. The van der Waals surface area contributed by atoms with Gasteiger partial charge in [-0.05, 0) is 49.1 Å². The van der Waals surface area contributed by atoms with Gasteiger partial charge in [-0.2, -0.15) is 8.42 Å². The summed E-state index contributed by atoms with van der Waals surface area (Å²) in [7, 11) is -5.57. The van der Waals surface area contributed by atoms with Crippen LogP contribution in [0, 0.1) is 0 Å². The van der Waals surface area contributed by atoms with Crippen molar-refractivity contribution in [1.29, 1.82) is 0 Å².